The first-order valence-corrected chi connectivity index (χ1v) is 6.10. The lowest BCUT2D eigenvalue weighted by Crippen LogP contribution is -2.49. The molecule has 1 rings (SSSR count). The van der Waals surface area contributed by atoms with E-state index in [1.165, 1.54) is 26.2 Å². The minimum absolute atomic E-state index is 0.0556. The Morgan fingerprint density at radius 2 is 2.05 bits per heavy atom. The van der Waals surface area contributed by atoms with E-state index in [0.29, 0.717) is 6.54 Å². The number of methoxy groups -OCH3 is 1. The molecule has 3 nitrogen and oxygen atoms in total. The number of halogens is 2. The van der Waals surface area contributed by atoms with E-state index in [9.17, 15) is 13.6 Å². The van der Waals surface area contributed by atoms with Crippen LogP contribution in [0.15, 0.2) is 18.2 Å². The number of esters is 1. The second-order valence-corrected chi connectivity index (χ2v) is 4.99. The Hall–Kier alpha value is -1.49. The predicted molar refractivity (Wildman–Crippen MR) is 68.6 cm³/mol. The molecule has 1 aromatic rings. The topological polar surface area (TPSA) is 38.3 Å². The van der Waals surface area contributed by atoms with Gasteiger partial charge in [0.1, 0.15) is 5.54 Å². The van der Waals surface area contributed by atoms with Crippen LogP contribution in [0, 0.1) is 17.6 Å². The van der Waals surface area contributed by atoms with Crippen molar-refractivity contribution in [3.63, 3.8) is 0 Å². The van der Waals surface area contributed by atoms with Crippen molar-refractivity contribution in [2.75, 3.05) is 13.7 Å². The summed E-state index contributed by atoms with van der Waals surface area (Å²) in [4.78, 5) is 11.9. The van der Waals surface area contributed by atoms with Gasteiger partial charge in [0.25, 0.3) is 0 Å². The van der Waals surface area contributed by atoms with Gasteiger partial charge in [-0.25, -0.2) is 13.6 Å². The zero-order chi connectivity index (χ0) is 14.6. The van der Waals surface area contributed by atoms with E-state index >= 15 is 0 Å². The Bertz CT molecular complexity index is 463. The fraction of sp³-hybridized carbons (Fsp3) is 0.500. The predicted octanol–water partition coefficient (Wildman–Crippen LogP) is 2.60. The molecule has 0 heterocycles. The van der Waals surface area contributed by atoms with Crippen LogP contribution < -0.4 is 5.32 Å². The van der Waals surface area contributed by atoms with Gasteiger partial charge in [-0.1, -0.05) is 26.0 Å². The van der Waals surface area contributed by atoms with Crippen molar-refractivity contribution < 1.29 is 18.3 Å². The van der Waals surface area contributed by atoms with Gasteiger partial charge < -0.3 is 4.74 Å². The standard InChI is InChI=1S/C14H19F2NO2/c1-9(2)8-17-14(3,13(18)19-4)10-6-5-7-11(15)12(10)16/h5-7,9,17H,8H2,1-4H3. The lowest BCUT2D eigenvalue weighted by atomic mass is 9.90. The van der Waals surface area contributed by atoms with Crippen molar-refractivity contribution >= 4 is 5.97 Å². The summed E-state index contributed by atoms with van der Waals surface area (Å²) in [6.45, 7) is 5.86. The number of carbonyl (C=O) groups excluding carboxylic acids is 1. The van der Waals surface area contributed by atoms with Crippen LogP contribution in [0.1, 0.15) is 26.3 Å². The van der Waals surface area contributed by atoms with E-state index in [2.05, 4.69) is 5.32 Å². The number of nitrogens with one attached hydrogen (secondary N) is 1. The van der Waals surface area contributed by atoms with Crippen molar-refractivity contribution in [3.8, 4) is 0 Å². The molecule has 1 aromatic carbocycles. The smallest absolute Gasteiger partial charge is 0.330 e. The van der Waals surface area contributed by atoms with Crippen LogP contribution in [-0.2, 0) is 15.1 Å². The lowest BCUT2D eigenvalue weighted by Gasteiger charge is -2.29. The van der Waals surface area contributed by atoms with Gasteiger partial charge in [-0.2, -0.15) is 0 Å². The van der Waals surface area contributed by atoms with Gasteiger partial charge in [0.15, 0.2) is 11.6 Å². The highest BCUT2D eigenvalue weighted by Crippen LogP contribution is 2.26. The number of carbonyl (C=O) groups is 1. The minimum Gasteiger partial charge on any atom is -0.467 e. The third-order valence-corrected chi connectivity index (χ3v) is 2.95. The molecule has 0 amide bonds. The van der Waals surface area contributed by atoms with Crippen LogP contribution in [-0.4, -0.2) is 19.6 Å². The number of rotatable bonds is 5. The monoisotopic (exact) mass is 271 g/mol. The third kappa shape index (κ3) is 3.29. The summed E-state index contributed by atoms with van der Waals surface area (Å²) in [7, 11) is 1.22. The Labute approximate surface area is 112 Å². The lowest BCUT2D eigenvalue weighted by molar-refractivity contribution is -0.148. The van der Waals surface area contributed by atoms with Crippen LogP contribution in [0.4, 0.5) is 8.78 Å². The Balaban J connectivity index is 3.23. The van der Waals surface area contributed by atoms with E-state index in [1.807, 2.05) is 13.8 Å². The molecule has 1 unspecified atom stereocenters. The molecule has 0 aliphatic carbocycles. The number of hydrogen-bond donors (Lipinski definition) is 1. The zero-order valence-electron chi connectivity index (χ0n) is 11.6. The second-order valence-electron chi connectivity index (χ2n) is 4.99. The molecule has 0 saturated carbocycles. The highest BCUT2D eigenvalue weighted by Gasteiger charge is 2.39. The molecule has 0 aliphatic heterocycles. The zero-order valence-corrected chi connectivity index (χ0v) is 11.6. The van der Waals surface area contributed by atoms with Gasteiger partial charge in [-0.05, 0) is 25.5 Å². The van der Waals surface area contributed by atoms with E-state index in [-0.39, 0.29) is 11.5 Å². The summed E-state index contributed by atoms with van der Waals surface area (Å²) in [5.41, 5.74) is -1.47. The maximum absolute atomic E-state index is 13.9. The number of benzene rings is 1. The molecular formula is C14H19F2NO2. The van der Waals surface area contributed by atoms with Crippen molar-refractivity contribution in [2.45, 2.75) is 26.3 Å². The molecule has 0 radical (unpaired) electrons. The fourth-order valence-electron chi connectivity index (χ4n) is 1.78. The molecule has 1 atom stereocenters. The van der Waals surface area contributed by atoms with E-state index in [1.54, 1.807) is 0 Å². The Kier molecular flexibility index (Phi) is 5.00. The van der Waals surface area contributed by atoms with Gasteiger partial charge in [0.2, 0.25) is 0 Å². The molecular weight excluding hydrogens is 252 g/mol. The van der Waals surface area contributed by atoms with Crippen LogP contribution in [0.3, 0.4) is 0 Å². The van der Waals surface area contributed by atoms with E-state index < -0.39 is 23.1 Å². The average molecular weight is 271 g/mol. The van der Waals surface area contributed by atoms with Gasteiger partial charge in [-0.3, -0.25) is 5.32 Å². The van der Waals surface area contributed by atoms with Crippen LogP contribution in [0.5, 0.6) is 0 Å². The molecule has 0 bridgehead atoms. The average Bonchev–Trinajstić information content (AvgIpc) is 2.38. The number of ether oxygens (including phenoxy) is 1. The summed E-state index contributed by atoms with van der Waals surface area (Å²) < 4.78 is 31.9. The van der Waals surface area contributed by atoms with Crippen molar-refractivity contribution in [2.24, 2.45) is 5.92 Å². The highest BCUT2D eigenvalue weighted by molar-refractivity contribution is 5.82. The molecule has 19 heavy (non-hydrogen) atoms. The summed E-state index contributed by atoms with van der Waals surface area (Å²) in [6, 6.07) is 3.76. The first-order valence-electron chi connectivity index (χ1n) is 6.10. The van der Waals surface area contributed by atoms with Gasteiger partial charge >= 0.3 is 5.97 Å². The minimum atomic E-state index is -1.41. The third-order valence-electron chi connectivity index (χ3n) is 2.95. The van der Waals surface area contributed by atoms with Crippen molar-refractivity contribution in [3.05, 3.63) is 35.4 Å². The molecule has 0 saturated heterocycles. The maximum atomic E-state index is 13.9. The van der Waals surface area contributed by atoms with Crippen molar-refractivity contribution in [1.82, 2.24) is 5.32 Å². The summed E-state index contributed by atoms with van der Waals surface area (Å²) in [5.74, 6) is -2.43. The molecule has 1 N–H and O–H groups in total. The van der Waals surface area contributed by atoms with E-state index in [4.69, 9.17) is 4.74 Å². The van der Waals surface area contributed by atoms with Crippen molar-refractivity contribution in [1.29, 1.82) is 0 Å². The summed E-state index contributed by atoms with van der Waals surface area (Å²) in [5, 5.41) is 2.95. The molecule has 0 aliphatic rings. The molecule has 0 spiro atoms. The Morgan fingerprint density at radius 1 is 1.42 bits per heavy atom. The Morgan fingerprint density at radius 3 is 2.58 bits per heavy atom. The van der Waals surface area contributed by atoms with Gasteiger partial charge in [0, 0.05) is 5.56 Å². The summed E-state index contributed by atoms with van der Waals surface area (Å²) in [6.07, 6.45) is 0. The molecule has 0 aromatic heterocycles. The molecule has 5 heteroatoms. The quantitative estimate of drug-likeness (QED) is 0.837. The van der Waals surface area contributed by atoms with Crippen LogP contribution in [0.25, 0.3) is 0 Å². The highest BCUT2D eigenvalue weighted by atomic mass is 19.2. The fourth-order valence-corrected chi connectivity index (χ4v) is 1.78. The van der Waals surface area contributed by atoms with E-state index in [0.717, 1.165) is 6.07 Å². The van der Waals surface area contributed by atoms with Crippen LogP contribution in [0.2, 0.25) is 0 Å². The molecule has 0 fully saturated rings. The normalized spacial score (nSPS) is 14.3. The first-order chi connectivity index (χ1) is 8.82. The summed E-state index contributed by atoms with van der Waals surface area (Å²) >= 11 is 0. The van der Waals surface area contributed by atoms with Gasteiger partial charge in [0.05, 0.1) is 7.11 Å². The molecule has 106 valence electrons. The van der Waals surface area contributed by atoms with Gasteiger partial charge in [-0.15, -0.1) is 0 Å². The second kappa shape index (κ2) is 6.10. The number of hydrogen-bond acceptors (Lipinski definition) is 3. The first kappa shape index (κ1) is 15.6. The largest absolute Gasteiger partial charge is 0.467 e. The van der Waals surface area contributed by atoms with Crippen LogP contribution >= 0.6 is 0 Å². The SMILES string of the molecule is COC(=O)C(C)(NCC(C)C)c1cccc(F)c1F. The maximum Gasteiger partial charge on any atom is 0.330 e.